The second-order valence-corrected chi connectivity index (χ2v) is 17.5. The maximum absolute atomic E-state index is 13.3. The highest BCUT2D eigenvalue weighted by Crippen LogP contribution is 2.63. The van der Waals surface area contributed by atoms with Crippen molar-refractivity contribution in [3.05, 3.63) is 112 Å². The van der Waals surface area contributed by atoms with Crippen LogP contribution >= 0.6 is 8.30 Å². The van der Waals surface area contributed by atoms with Crippen LogP contribution in [0.5, 0.6) is 11.5 Å². The first-order valence-electron chi connectivity index (χ1n) is 20.0. The van der Waals surface area contributed by atoms with Crippen LogP contribution < -0.4 is 15.0 Å². The Morgan fingerprint density at radius 3 is 2.18 bits per heavy atom. The summed E-state index contributed by atoms with van der Waals surface area (Å²) in [7, 11) is 5.44. The number of rotatable bonds is 18. The van der Waals surface area contributed by atoms with Crippen molar-refractivity contribution in [2.45, 2.75) is 75.4 Å². The van der Waals surface area contributed by atoms with Crippen LogP contribution in [0.4, 0.5) is 5.95 Å². The molecule has 2 aliphatic heterocycles. The van der Waals surface area contributed by atoms with Crippen LogP contribution in [0.3, 0.4) is 0 Å². The first kappa shape index (κ1) is 42.9. The van der Waals surface area contributed by atoms with E-state index in [0.717, 1.165) is 16.7 Å². The van der Waals surface area contributed by atoms with Gasteiger partial charge >= 0.3 is 0 Å². The quantitative estimate of drug-likeness (QED) is 0.0325. The fraction of sp³-hybridized carbons (Fsp3) is 0.432. The van der Waals surface area contributed by atoms with Crippen molar-refractivity contribution in [2.24, 2.45) is 4.99 Å². The molecule has 0 saturated carbocycles. The lowest BCUT2D eigenvalue weighted by atomic mass is 9.79. The molecular weight excluding hydrogens is 784 g/mol. The Morgan fingerprint density at radius 1 is 1.00 bits per heavy atom. The van der Waals surface area contributed by atoms with Gasteiger partial charge in [0.1, 0.15) is 37.1 Å². The Bertz CT molecular complexity index is 2290. The second kappa shape index (κ2) is 18.2. The summed E-state index contributed by atoms with van der Waals surface area (Å²) in [5, 5.41) is 9.63. The summed E-state index contributed by atoms with van der Waals surface area (Å²) < 4.78 is 43.9. The van der Waals surface area contributed by atoms with Crippen molar-refractivity contribution in [2.75, 3.05) is 48.1 Å². The molecule has 7 rings (SSSR count). The third kappa shape index (κ3) is 8.16. The number of hydrogen-bond acceptors (Lipinski definition) is 12. The van der Waals surface area contributed by atoms with Crippen molar-refractivity contribution in [1.82, 2.24) is 29.1 Å². The van der Waals surface area contributed by atoms with Gasteiger partial charge in [-0.3, -0.25) is 19.0 Å². The van der Waals surface area contributed by atoms with Gasteiger partial charge in [-0.1, -0.05) is 54.6 Å². The molecule has 0 amide bonds. The van der Waals surface area contributed by atoms with Crippen LogP contribution in [0.25, 0.3) is 11.2 Å². The minimum absolute atomic E-state index is 0.0567. The van der Waals surface area contributed by atoms with E-state index in [1.165, 1.54) is 0 Å². The Balaban J connectivity index is 1.41. The zero-order valence-corrected chi connectivity index (χ0v) is 36.2. The van der Waals surface area contributed by atoms with Crippen molar-refractivity contribution in [3.63, 3.8) is 0 Å². The standard InChI is InChI=1S/C44H53N8O7P/c1-29(2)52(30(3)4)60(58-24-12-23-45)38-37-41(51-28-46-36-39(51)48-42(49-40(36)53)47-27-50(5)6)59-43(38,25-56-37)26-57-44(31-13-10-9-11-14-31,32-15-19-34(54-7)20-16-32)33-17-21-35(55-8)22-18-33/h9-11,13-22,27-30,37-38,41H,12,24-26H2,1-8H3,(H,48,49,53)/b47-27+/t37-,38+,41-,43-,60?/m1/s1. The van der Waals surface area contributed by atoms with E-state index in [-0.39, 0.29) is 49.8 Å². The number of H-pyrrole nitrogens is 1. The van der Waals surface area contributed by atoms with E-state index in [2.05, 4.69) is 65.5 Å². The number of aliphatic imine (C=N–C) groups is 1. The van der Waals surface area contributed by atoms with Crippen molar-refractivity contribution in [3.8, 4) is 17.6 Å². The predicted molar refractivity (Wildman–Crippen MR) is 230 cm³/mol. The van der Waals surface area contributed by atoms with E-state index in [4.69, 9.17) is 33.2 Å². The van der Waals surface area contributed by atoms with E-state index in [0.29, 0.717) is 17.1 Å². The Labute approximate surface area is 351 Å². The minimum atomic E-state index is -1.51. The molecule has 60 heavy (non-hydrogen) atoms. The molecule has 2 aromatic heterocycles. The highest BCUT2D eigenvalue weighted by atomic mass is 31.2. The van der Waals surface area contributed by atoms with Gasteiger partial charge in [0.25, 0.3) is 5.56 Å². The molecule has 0 aliphatic carbocycles. The molecule has 3 aromatic carbocycles. The van der Waals surface area contributed by atoms with Gasteiger partial charge < -0.3 is 33.1 Å². The smallest absolute Gasteiger partial charge is 0.280 e. The number of benzene rings is 3. The Morgan fingerprint density at radius 2 is 1.62 bits per heavy atom. The molecule has 5 aromatic rings. The van der Waals surface area contributed by atoms with Gasteiger partial charge in [0, 0.05) is 26.2 Å². The summed E-state index contributed by atoms with van der Waals surface area (Å²) >= 11 is 0. The third-order valence-corrected chi connectivity index (χ3v) is 13.8. The largest absolute Gasteiger partial charge is 0.497 e. The summed E-state index contributed by atoms with van der Waals surface area (Å²) in [5.74, 6) is 1.55. The number of fused-ring (bicyclic) bond motifs is 3. The van der Waals surface area contributed by atoms with Crippen molar-refractivity contribution >= 4 is 31.8 Å². The number of nitriles is 1. The lowest BCUT2D eigenvalue weighted by Crippen LogP contribution is -2.50. The summed E-state index contributed by atoms with van der Waals surface area (Å²) in [6.07, 6.45) is 1.98. The third-order valence-electron chi connectivity index (χ3n) is 10.8. The zero-order valence-electron chi connectivity index (χ0n) is 35.3. The van der Waals surface area contributed by atoms with Gasteiger partial charge in [0.15, 0.2) is 17.4 Å². The molecule has 1 unspecified atom stereocenters. The first-order valence-corrected chi connectivity index (χ1v) is 21.3. The van der Waals surface area contributed by atoms with Gasteiger partial charge in [-0.05, 0) is 68.7 Å². The van der Waals surface area contributed by atoms with Gasteiger partial charge in [-0.15, -0.1) is 0 Å². The van der Waals surface area contributed by atoms with E-state index in [9.17, 15) is 10.1 Å². The van der Waals surface area contributed by atoms with Crippen LogP contribution in [-0.4, -0.2) is 113 Å². The average Bonchev–Trinajstić information content (AvgIpc) is 3.94. The summed E-state index contributed by atoms with van der Waals surface area (Å²) in [4.78, 5) is 31.4. The topological polar surface area (TPSA) is 162 Å². The maximum atomic E-state index is 13.3. The van der Waals surface area contributed by atoms with Gasteiger partial charge in [0.2, 0.25) is 5.95 Å². The van der Waals surface area contributed by atoms with E-state index >= 15 is 0 Å². The molecule has 2 saturated heterocycles. The molecule has 0 radical (unpaired) electrons. The fourth-order valence-corrected chi connectivity index (χ4v) is 11.1. The number of hydrogen-bond donors (Lipinski definition) is 1. The van der Waals surface area contributed by atoms with Crippen LogP contribution in [0.1, 0.15) is 57.0 Å². The number of imidazole rings is 1. The highest BCUT2D eigenvalue weighted by Gasteiger charge is 2.67. The fourth-order valence-electron chi connectivity index (χ4n) is 8.23. The number of ether oxygens (including phenoxy) is 5. The number of aromatic nitrogens is 4. The summed E-state index contributed by atoms with van der Waals surface area (Å²) in [6, 6.07) is 28.3. The Kier molecular flexibility index (Phi) is 13.0. The van der Waals surface area contributed by atoms with E-state index in [1.807, 2.05) is 80.8 Å². The number of aromatic amines is 1. The maximum Gasteiger partial charge on any atom is 0.280 e. The molecule has 316 valence electrons. The molecular formula is C44H53N8O7P. The van der Waals surface area contributed by atoms with Crippen LogP contribution in [0.15, 0.2) is 95.0 Å². The highest BCUT2D eigenvalue weighted by molar-refractivity contribution is 7.51. The molecule has 4 heterocycles. The minimum Gasteiger partial charge on any atom is -0.497 e. The molecule has 2 fully saturated rings. The van der Waals surface area contributed by atoms with Gasteiger partial charge in [-0.25, -0.2) is 9.98 Å². The predicted octanol–water partition coefficient (Wildman–Crippen LogP) is 6.76. The molecule has 2 bridgehead atoms. The molecule has 5 atom stereocenters. The molecule has 0 spiro atoms. The van der Waals surface area contributed by atoms with Crippen LogP contribution in [0, 0.1) is 11.3 Å². The van der Waals surface area contributed by atoms with Crippen molar-refractivity contribution < 1.29 is 28.2 Å². The van der Waals surface area contributed by atoms with Crippen molar-refractivity contribution in [1.29, 1.82) is 5.26 Å². The molecule has 16 heteroatoms. The normalized spacial score (nSPS) is 20.7. The first-order chi connectivity index (χ1) is 29.0. The average molecular weight is 837 g/mol. The van der Waals surface area contributed by atoms with Gasteiger partial charge in [-0.2, -0.15) is 10.2 Å². The number of nitrogens with zero attached hydrogens (tertiary/aromatic N) is 7. The van der Waals surface area contributed by atoms with E-state index < -0.39 is 43.1 Å². The number of methoxy groups -OCH3 is 2. The summed E-state index contributed by atoms with van der Waals surface area (Å²) in [6.45, 7) is 9.06. The van der Waals surface area contributed by atoms with Crippen LogP contribution in [-0.2, 0) is 24.3 Å². The van der Waals surface area contributed by atoms with Crippen LogP contribution in [0.2, 0.25) is 0 Å². The molecule has 15 nitrogen and oxygen atoms in total. The second-order valence-electron chi connectivity index (χ2n) is 15.6. The van der Waals surface area contributed by atoms with Gasteiger partial charge in [0.05, 0.1) is 64.9 Å². The molecule has 1 N–H and O–H groups in total. The SMILES string of the molecule is COc1ccc(C(OC[C@@]23CO[C@@H]([C@H](n4cnc5c(=O)[nH]c(/N=C/N(C)C)nc54)O2)[C@@H]3P(OCCC#N)N(C(C)C)C(C)C)(c2ccccc2)c2ccc(OC)cc2)cc1. The monoisotopic (exact) mass is 836 g/mol. The Hall–Kier alpha value is -5.20. The van der Waals surface area contributed by atoms with E-state index in [1.54, 1.807) is 36.4 Å². The lowest BCUT2D eigenvalue weighted by molar-refractivity contribution is -0.198. The number of nitrogens with one attached hydrogen (secondary N) is 1. The molecule has 2 aliphatic rings. The lowest BCUT2D eigenvalue weighted by Gasteiger charge is -2.44. The zero-order chi connectivity index (χ0) is 42.6. The summed E-state index contributed by atoms with van der Waals surface area (Å²) in [5.41, 5.74) is -0.00588.